The van der Waals surface area contributed by atoms with Gasteiger partial charge in [0, 0.05) is 13.0 Å². The van der Waals surface area contributed by atoms with Crippen molar-refractivity contribution in [1.29, 1.82) is 0 Å². The van der Waals surface area contributed by atoms with Crippen molar-refractivity contribution in [2.24, 2.45) is 17.4 Å². The molecular formula is C21H28N4O4. The molecule has 8 nitrogen and oxygen atoms in total. The summed E-state index contributed by atoms with van der Waals surface area (Å²) >= 11 is 0. The van der Waals surface area contributed by atoms with Crippen molar-refractivity contribution in [2.45, 2.75) is 32.4 Å². The minimum Gasteiger partial charge on any atom is -0.381 e. The molecular weight excluding hydrogens is 372 g/mol. The molecule has 1 unspecified atom stereocenters. The van der Waals surface area contributed by atoms with E-state index in [2.05, 4.69) is 5.32 Å². The van der Waals surface area contributed by atoms with E-state index >= 15 is 0 Å². The van der Waals surface area contributed by atoms with Gasteiger partial charge in [-0.25, -0.2) is 4.79 Å². The Kier molecular flexibility index (Phi) is 7.55. The number of carbonyl (C=O) groups is 3. The van der Waals surface area contributed by atoms with E-state index in [4.69, 9.17) is 11.5 Å². The van der Waals surface area contributed by atoms with Gasteiger partial charge in [0.25, 0.3) is 0 Å². The van der Waals surface area contributed by atoms with Gasteiger partial charge in [0.15, 0.2) is 0 Å². The lowest BCUT2D eigenvalue weighted by Crippen LogP contribution is -2.54. The van der Waals surface area contributed by atoms with Crippen LogP contribution in [0.15, 0.2) is 42.5 Å². The number of benzene rings is 2. The van der Waals surface area contributed by atoms with Crippen LogP contribution in [0.2, 0.25) is 0 Å². The average molecular weight is 400 g/mol. The van der Waals surface area contributed by atoms with E-state index in [0.717, 1.165) is 16.3 Å². The summed E-state index contributed by atoms with van der Waals surface area (Å²) in [6, 6.07) is 12.1. The third-order valence-electron chi connectivity index (χ3n) is 4.49. The molecule has 2 atom stereocenters. The van der Waals surface area contributed by atoms with Gasteiger partial charge in [-0.15, -0.1) is 0 Å². The van der Waals surface area contributed by atoms with Gasteiger partial charge in [-0.1, -0.05) is 56.3 Å². The van der Waals surface area contributed by atoms with Crippen LogP contribution in [-0.4, -0.2) is 53.1 Å². The number of rotatable bonds is 9. The first kappa shape index (κ1) is 22.2. The number of aliphatic hydroxyl groups is 1. The van der Waals surface area contributed by atoms with Crippen molar-refractivity contribution < 1.29 is 19.5 Å². The van der Waals surface area contributed by atoms with Crippen LogP contribution >= 0.6 is 0 Å². The minimum atomic E-state index is -1.49. The van der Waals surface area contributed by atoms with E-state index in [9.17, 15) is 19.5 Å². The Morgan fingerprint density at radius 1 is 1.00 bits per heavy atom. The first-order valence-corrected chi connectivity index (χ1v) is 9.47. The maximum atomic E-state index is 12.7. The summed E-state index contributed by atoms with van der Waals surface area (Å²) in [6.45, 7) is 3.79. The second-order valence-electron chi connectivity index (χ2n) is 7.51. The second kappa shape index (κ2) is 9.88. The Hall–Kier alpha value is -3.13. The topological polar surface area (TPSA) is 139 Å². The number of nitrogens with two attached hydrogens (primary N) is 2. The molecule has 4 amide bonds. The Morgan fingerprint density at radius 2 is 1.66 bits per heavy atom. The molecule has 2 aromatic rings. The molecule has 0 bridgehead atoms. The van der Waals surface area contributed by atoms with Crippen LogP contribution in [0.3, 0.4) is 0 Å². The highest BCUT2D eigenvalue weighted by atomic mass is 16.3. The number of primary amides is 2. The molecule has 0 aliphatic carbocycles. The molecule has 0 saturated carbocycles. The highest BCUT2D eigenvalue weighted by Crippen LogP contribution is 2.17. The van der Waals surface area contributed by atoms with Crippen molar-refractivity contribution in [3.05, 3.63) is 48.0 Å². The Balaban J connectivity index is 2.14. The van der Waals surface area contributed by atoms with E-state index in [1.165, 1.54) is 4.90 Å². The summed E-state index contributed by atoms with van der Waals surface area (Å²) in [5.41, 5.74) is 11.4. The van der Waals surface area contributed by atoms with Gasteiger partial charge in [-0.2, -0.15) is 0 Å². The molecule has 0 heterocycles. The average Bonchev–Trinajstić information content (AvgIpc) is 2.66. The Labute approximate surface area is 169 Å². The largest absolute Gasteiger partial charge is 0.381 e. The van der Waals surface area contributed by atoms with Gasteiger partial charge in [0.1, 0.15) is 12.1 Å². The maximum Gasteiger partial charge on any atom is 0.318 e. The number of hydrogen-bond donors (Lipinski definition) is 4. The molecule has 156 valence electrons. The summed E-state index contributed by atoms with van der Waals surface area (Å²) in [5, 5.41) is 14.4. The van der Waals surface area contributed by atoms with Crippen LogP contribution in [0.5, 0.6) is 0 Å². The zero-order valence-electron chi connectivity index (χ0n) is 16.7. The summed E-state index contributed by atoms with van der Waals surface area (Å²) in [7, 11) is 0. The van der Waals surface area contributed by atoms with Crippen LogP contribution in [0.1, 0.15) is 19.4 Å². The minimum absolute atomic E-state index is 0.0772. The molecule has 0 aliphatic rings. The van der Waals surface area contributed by atoms with Gasteiger partial charge < -0.3 is 26.8 Å². The first-order valence-electron chi connectivity index (χ1n) is 9.47. The normalized spacial score (nSPS) is 13.1. The van der Waals surface area contributed by atoms with E-state index in [1.54, 1.807) is 0 Å². The second-order valence-corrected chi connectivity index (χ2v) is 7.51. The van der Waals surface area contributed by atoms with Crippen LogP contribution in [-0.2, 0) is 16.0 Å². The lowest BCUT2D eigenvalue weighted by molar-refractivity contribution is -0.126. The summed E-state index contributed by atoms with van der Waals surface area (Å²) in [6.07, 6.45) is -1.27. The molecule has 0 fully saturated rings. The molecule has 2 rings (SSSR count). The number of carbonyl (C=O) groups excluding carboxylic acids is 3. The predicted octanol–water partition coefficient (Wildman–Crippen LogP) is 0.750. The molecule has 0 radical (unpaired) electrons. The predicted molar refractivity (Wildman–Crippen MR) is 111 cm³/mol. The number of urea groups is 1. The molecule has 8 heteroatoms. The summed E-state index contributed by atoms with van der Waals surface area (Å²) in [5.74, 6) is -1.52. The van der Waals surface area contributed by atoms with E-state index in [-0.39, 0.29) is 25.4 Å². The van der Waals surface area contributed by atoms with E-state index < -0.39 is 30.0 Å². The molecule has 0 spiro atoms. The van der Waals surface area contributed by atoms with Gasteiger partial charge in [0.05, 0.1) is 6.54 Å². The van der Waals surface area contributed by atoms with E-state index in [1.807, 2.05) is 56.3 Å². The standard InChI is InChI=1S/C21H28N4O4/c1-13(2)11-25(12-18(26)20(23)28)21(29)24-17(19(22)27)10-14-7-8-15-5-3-4-6-16(15)9-14/h3-9,13,17-18,26H,10-12H2,1-2H3,(H2,22,27)(H2,23,28)(H,24,29)/t17-,18?/m0/s1. The molecule has 6 N–H and O–H groups in total. The van der Waals surface area contributed by atoms with Crippen molar-refractivity contribution in [3.63, 3.8) is 0 Å². The van der Waals surface area contributed by atoms with Crippen molar-refractivity contribution in [2.75, 3.05) is 13.1 Å². The monoisotopic (exact) mass is 400 g/mol. The third kappa shape index (κ3) is 6.46. The quantitative estimate of drug-likeness (QED) is 0.493. The fourth-order valence-corrected chi connectivity index (χ4v) is 3.04. The van der Waals surface area contributed by atoms with Crippen LogP contribution < -0.4 is 16.8 Å². The van der Waals surface area contributed by atoms with Gasteiger partial charge >= 0.3 is 6.03 Å². The smallest absolute Gasteiger partial charge is 0.318 e. The van der Waals surface area contributed by atoms with Gasteiger partial charge in [-0.05, 0) is 22.3 Å². The van der Waals surface area contributed by atoms with E-state index in [0.29, 0.717) is 0 Å². The highest BCUT2D eigenvalue weighted by Gasteiger charge is 2.25. The summed E-state index contributed by atoms with van der Waals surface area (Å²) in [4.78, 5) is 37.1. The van der Waals surface area contributed by atoms with Crippen molar-refractivity contribution >= 4 is 28.6 Å². The van der Waals surface area contributed by atoms with Gasteiger partial charge in [0.2, 0.25) is 11.8 Å². The zero-order valence-corrected chi connectivity index (χ0v) is 16.7. The number of nitrogens with zero attached hydrogens (tertiary/aromatic N) is 1. The highest BCUT2D eigenvalue weighted by molar-refractivity contribution is 5.87. The fourth-order valence-electron chi connectivity index (χ4n) is 3.04. The maximum absolute atomic E-state index is 12.7. The number of aliphatic hydroxyl groups excluding tert-OH is 1. The number of nitrogens with one attached hydrogen (secondary N) is 1. The summed E-state index contributed by atoms with van der Waals surface area (Å²) < 4.78 is 0. The Morgan fingerprint density at radius 3 is 2.24 bits per heavy atom. The van der Waals surface area contributed by atoms with Crippen molar-refractivity contribution in [3.8, 4) is 0 Å². The molecule has 0 aromatic heterocycles. The van der Waals surface area contributed by atoms with Crippen molar-refractivity contribution in [1.82, 2.24) is 10.2 Å². The van der Waals surface area contributed by atoms with Crippen LogP contribution in [0.25, 0.3) is 10.8 Å². The fraction of sp³-hybridized carbons (Fsp3) is 0.381. The Bertz CT molecular complexity index is 884. The zero-order chi connectivity index (χ0) is 21.6. The molecule has 0 aliphatic heterocycles. The lowest BCUT2D eigenvalue weighted by Gasteiger charge is -2.28. The first-order chi connectivity index (χ1) is 13.7. The molecule has 2 aromatic carbocycles. The molecule has 0 saturated heterocycles. The third-order valence-corrected chi connectivity index (χ3v) is 4.49. The number of amides is 4. The molecule has 29 heavy (non-hydrogen) atoms. The number of hydrogen-bond acceptors (Lipinski definition) is 4. The van der Waals surface area contributed by atoms with Gasteiger partial charge in [-0.3, -0.25) is 9.59 Å². The number of fused-ring (bicyclic) bond motifs is 1. The lowest BCUT2D eigenvalue weighted by atomic mass is 10.0. The SMILES string of the molecule is CC(C)CN(CC(O)C(N)=O)C(=O)N[C@@H](Cc1ccc2ccccc2c1)C(N)=O. The van der Waals surface area contributed by atoms with Crippen LogP contribution in [0, 0.1) is 5.92 Å². The van der Waals surface area contributed by atoms with Crippen LogP contribution in [0.4, 0.5) is 4.79 Å².